The Bertz CT molecular complexity index is 1350. The van der Waals surface area contributed by atoms with Gasteiger partial charge in [-0.15, -0.1) is 0 Å². The summed E-state index contributed by atoms with van der Waals surface area (Å²) in [5.41, 5.74) is 1.04. The molecule has 1 aliphatic heterocycles. The first-order chi connectivity index (χ1) is 15.9. The largest absolute Gasteiger partial charge is 0.478 e. The van der Waals surface area contributed by atoms with E-state index < -0.39 is 28.7 Å². The summed E-state index contributed by atoms with van der Waals surface area (Å²) in [6, 6.07) is 6.64. The van der Waals surface area contributed by atoms with Crippen molar-refractivity contribution in [2.45, 2.75) is 52.2 Å². The quantitative estimate of drug-likeness (QED) is 0.310. The van der Waals surface area contributed by atoms with Crippen molar-refractivity contribution in [3.05, 3.63) is 65.4 Å². The highest BCUT2D eigenvalue weighted by Gasteiger charge is 2.35. The minimum atomic E-state index is -1.11. The predicted octanol–water partition coefficient (Wildman–Crippen LogP) is 6.16. The number of hydrogen-bond acceptors (Lipinski definition) is 4. The smallest absolute Gasteiger partial charge is 0.328 e. The molecule has 4 rings (SSSR count). The van der Waals surface area contributed by atoms with Crippen molar-refractivity contribution in [1.29, 1.82) is 0 Å². The number of aliphatic carboxylic acids is 1. The van der Waals surface area contributed by atoms with E-state index >= 15 is 8.78 Å². The fourth-order valence-electron chi connectivity index (χ4n) is 4.22. The number of carboxylic acid groups (broad SMARTS) is 1. The van der Waals surface area contributed by atoms with Gasteiger partial charge in [0.1, 0.15) is 11.6 Å². The van der Waals surface area contributed by atoms with Gasteiger partial charge in [-0.05, 0) is 52.3 Å². The van der Waals surface area contributed by atoms with E-state index in [1.807, 2.05) is 26.8 Å². The average molecular weight is 468 g/mol. The second-order valence-corrected chi connectivity index (χ2v) is 9.76. The molecule has 0 aliphatic carbocycles. The van der Waals surface area contributed by atoms with Crippen molar-refractivity contribution in [2.75, 3.05) is 5.32 Å². The van der Waals surface area contributed by atoms with Gasteiger partial charge in [0.05, 0.1) is 22.4 Å². The van der Waals surface area contributed by atoms with Crippen molar-refractivity contribution in [3.63, 3.8) is 0 Å². The first-order valence-electron chi connectivity index (χ1n) is 10.9. The number of carboxylic acids is 1. The monoisotopic (exact) mass is 467 g/mol. The number of benzene rings is 2. The molecule has 34 heavy (non-hydrogen) atoms. The van der Waals surface area contributed by atoms with Crippen LogP contribution >= 0.6 is 0 Å². The molecule has 0 saturated heterocycles. The molecule has 178 valence electrons. The minimum Gasteiger partial charge on any atom is -0.478 e. The van der Waals surface area contributed by atoms with E-state index in [0.717, 1.165) is 17.0 Å². The fraction of sp³-hybridized carbons (Fsp3) is 0.308. The predicted molar refractivity (Wildman–Crippen MR) is 129 cm³/mol. The summed E-state index contributed by atoms with van der Waals surface area (Å²) in [6.07, 6.45) is 4.44. The van der Waals surface area contributed by atoms with E-state index in [-0.39, 0.29) is 16.8 Å². The summed E-state index contributed by atoms with van der Waals surface area (Å²) >= 11 is 0. The molecule has 0 radical (unpaired) electrons. The normalized spacial score (nSPS) is 16.6. The Morgan fingerprint density at radius 1 is 1.26 bits per heavy atom. The number of aromatic nitrogens is 1. The van der Waals surface area contributed by atoms with Gasteiger partial charge in [0.25, 0.3) is 0 Å². The number of carbonyl (C=O) groups is 1. The topological polar surface area (TPSA) is 86.7 Å². The third kappa shape index (κ3) is 4.40. The van der Waals surface area contributed by atoms with Gasteiger partial charge >= 0.3 is 5.97 Å². The number of fused-ring (bicyclic) bond motifs is 2. The molecule has 0 fully saturated rings. The van der Waals surface area contributed by atoms with Crippen molar-refractivity contribution < 1.29 is 23.5 Å². The van der Waals surface area contributed by atoms with Crippen LogP contribution in [0.2, 0.25) is 0 Å². The van der Waals surface area contributed by atoms with Gasteiger partial charge in [-0.1, -0.05) is 23.4 Å². The molecule has 1 aromatic heterocycles. The zero-order valence-corrected chi connectivity index (χ0v) is 19.7. The Hall–Kier alpha value is -3.68. The van der Waals surface area contributed by atoms with Crippen molar-refractivity contribution >= 4 is 28.3 Å². The number of oxime groups is 1. The summed E-state index contributed by atoms with van der Waals surface area (Å²) in [6.45, 7) is 9.01. The molecule has 0 spiro atoms. The van der Waals surface area contributed by atoms with E-state index in [2.05, 4.69) is 15.5 Å². The lowest BCUT2D eigenvalue weighted by Crippen LogP contribution is -2.39. The molecule has 0 bridgehead atoms. The molecule has 0 unspecified atom stereocenters. The lowest BCUT2D eigenvalue weighted by Gasteiger charge is -2.35. The maximum atomic E-state index is 16.1. The molecule has 2 aromatic carbocycles. The Morgan fingerprint density at radius 2 is 2.00 bits per heavy atom. The van der Waals surface area contributed by atoms with E-state index in [1.165, 1.54) is 12.1 Å². The van der Waals surface area contributed by atoms with Crippen LogP contribution in [-0.2, 0) is 9.63 Å². The van der Waals surface area contributed by atoms with E-state index in [1.54, 1.807) is 32.2 Å². The number of aromatic amines is 1. The minimum absolute atomic E-state index is 0.133. The number of anilines is 1. The highest BCUT2D eigenvalue weighted by atomic mass is 19.1. The standard InChI is InChI=1S/C26H27F2N3O3/c1-14-13-29-24-15(14)7-6-8-16(24)21-17(27)11-18-22(23(21)28)19(12-25(2,3)30-18)31-34-26(4,5)10-9-20(32)33/h6-11,13,29-30H,12H2,1-5H3,(H,32,33)/b10-9+,31-19+. The zero-order valence-electron chi connectivity index (χ0n) is 19.7. The van der Waals surface area contributed by atoms with Gasteiger partial charge in [-0.2, -0.15) is 0 Å². The highest BCUT2D eigenvalue weighted by Crippen LogP contribution is 2.41. The molecular formula is C26H27F2N3O3. The van der Waals surface area contributed by atoms with Crippen LogP contribution in [0.3, 0.4) is 0 Å². The highest BCUT2D eigenvalue weighted by molar-refractivity contribution is 6.09. The van der Waals surface area contributed by atoms with Crippen LogP contribution in [0.4, 0.5) is 14.5 Å². The van der Waals surface area contributed by atoms with Gasteiger partial charge in [-0.3, -0.25) is 0 Å². The summed E-state index contributed by atoms with van der Waals surface area (Å²) in [7, 11) is 0. The van der Waals surface area contributed by atoms with Crippen molar-refractivity contribution in [1.82, 2.24) is 4.98 Å². The van der Waals surface area contributed by atoms with Gasteiger partial charge in [0.15, 0.2) is 5.60 Å². The number of aryl methyl sites for hydroxylation is 1. The molecule has 3 N–H and O–H groups in total. The first kappa shape index (κ1) is 23.5. The first-order valence-corrected chi connectivity index (χ1v) is 10.9. The Balaban J connectivity index is 1.87. The molecule has 0 atom stereocenters. The third-order valence-corrected chi connectivity index (χ3v) is 5.80. The lowest BCUT2D eigenvalue weighted by molar-refractivity contribution is -0.131. The average Bonchev–Trinajstić information content (AvgIpc) is 3.11. The van der Waals surface area contributed by atoms with E-state index in [4.69, 9.17) is 9.94 Å². The second kappa shape index (κ2) is 8.27. The van der Waals surface area contributed by atoms with Crippen LogP contribution in [0.15, 0.2) is 47.8 Å². The van der Waals surface area contributed by atoms with E-state index in [0.29, 0.717) is 23.2 Å². The maximum Gasteiger partial charge on any atom is 0.328 e. The van der Waals surface area contributed by atoms with Crippen LogP contribution in [0.25, 0.3) is 22.0 Å². The number of H-pyrrole nitrogens is 1. The number of hydrogen-bond donors (Lipinski definition) is 3. The summed E-state index contributed by atoms with van der Waals surface area (Å²) in [5.74, 6) is -2.54. The number of para-hydroxylation sites is 1. The van der Waals surface area contributed by atoms with Gasteiger partial charge < -0.3 is 20.2 Å². The summed E-state index contributed by atoms with van der Waals surface area (Å²) < 4.78 is 31.4. The molecule has 0 saturated carbocycles. The molecule has 6 nitrogen and oxygen atoms in total. The molecule has 2 heterocycles. The Morgan fingerprint density at radius 3 is 2.71 bits per heavy atom. The molecule has 8 heteroatoms. The summed E-state index contributed by atoms with van der Waals surface area (Å²) in [5, 5.41) is 17.2. The van der Waals surface area contributed by atoms with Crippen LogP contribution in [0.1, 0.15) is 45.2 Å². The van der Waals surface area contributed by atoms with Crippen LogP contribution in [-0.4, -0.2) is 32.9 Å². The lowest BCUT2D eigenvalue weighted by atomic mass is 9.85. The summed E-state index contributed by atoms with van der Waals surface area (Å²) in [4.78, 5) is 19.6. The number of halogens is 2. The molecule has 1 aliphatic rings. The molecular weight excluding hydrogens is 440 g/mol. The zero-order chi connectivity index (χ0) is 24.8. The van der Waals surface area contributed by atoms with Crippen LogP contribution in [0.5, 0.6) is 0 Å². The van der Waals surface area contributed by atoms with Crippen molar-refractivity contribution in [3.8, 4) is 11.1 Å². The van der Waals surface area contributed by atoms with Gasteiger partial charge in [0, 0.05) is 40.9 Å². The molecule has 3 aromatic rings. The maximum absolute atomic E-state index is 16.1. The number of rotatable bonds is 5. The van der Waals surface area contributed by atoms with Crippen LogP contribution < -0.4 is 5.32 Å². The number of nitrogens with zero attached hydrogens (tertiary/aromatic N) is 1. The molecule has 0 amide bonds. The Labute approximate surface area is 196 Å². The van der Waals surface area contributed by atoms with E-state index in [9.17, 15) is 4.79 Å². The van der Waals surface area contributed by atoms with Crippen molar-refractivity contribution in [2.24, 2.45) is 5.16 Å². The number of nitrogens with one attached hydrogen (secondary N) is 2. The SMILES string of the molecule is Cc1c[nH]c2c(-c3c(F)cc4c(c3F)/C(=N/OC(C)(C)/C=C/C(=O)O)CC(C)(C)N4)cccc12. The van der Waals surface area contributed by atoms with Gasteiger partial charge in [-0.25, -0.2) is 13.6 Å². The van der Waals surface area contributed by atoms with Gasteiger partial charge in [0.2, 0.25) is 0 Å². The third-order valence-electron chi connectivity index (χ3n) is 5.80. The second-order valence-electron chi connectivity index (χ2n) is 9.76. The van der Waals surface area contributed by atoms with Crippen LogP contribution in [0, 0.1) is 18.6 Å². The Kier molecular flexibility index (Phi) is 5.71. The fourth-order valence-corrected chi connectivity index (χ4v) is 4.22.